The number of aromatic nitrogens is 1. The lowest BCUT2D eigenvalue weighted by molar-refractivity contribution is -0.138. The molecule has 1 fully saturated rings. The second kappa shape index (κ2) is 5.69. The van der Waals surface area contributed by atoms with Crippen molar-refractivity contribution in [1.82, 2.24) is 10.3 Å². The van der Waals surface area contributed by atoms with Gasteiger partial charge < -0.3 is 5.32 Å². The Labute approximate surface area is 109 Å². The van der Waals surface area contributed by atoms with E-state index in [-0.39, 0.29) is 5.56 Å². The second-order valence-corrected chi connectivity index (χ2v) is 4.64. The third-order valence-corrected chi connectivity index (χ3v) is 3.27. The van der Waals surface area contributed by atoms with E-state index in [1.165, 1.54) is 0 Å². The van der Waals surface area contributed by atoms with E-state index in [0.717, 1.165) is 37.7 Å². The van der Waals surface area contributed by atoms with E-state index in [1.807, 2.05) is 0 Å². The van der Waals surface area contributed by atoms with Crippen molar-refractivity contribution in [2.75, 3.05) is 6.54 Å². The standard InChI is InChI=1S/C13H15F3N2O/c14-13(15,16)10-5-7-17-8-9(10)12(19)11-4-2-1-3-6-18-11/h5,7-8,11,18H,1-4,6H2. The van der Waals surface area contributed by atoms with Gasteiger partial charge in [-0.15, -0.1) is 0 Å². The largest absolute Gasteiger partial charge is 0.417 e. The molecule has 1 atom stereocenters. The Morgan fingerprint density at radius 2 is 2.11 bits per heavy atom. The van der Waals surface area contributed by atoms with Gasteiger partial charge in [0.05, 0.1) is 11.6 Å². The molecule has 1 aromatic rings. The molecule has 1 aliphatic heterocycles. The summed E-state index contributed by atoms with van der Waals surface area (Å²) in [6, 6.07) is 0.317. The first-order chi connectivity index (χ1) is 9.00. The minimum absolute atomic E-state index is 0.339. The number of pyridine rings is 1. The summed E-state index contributed by atoms with van der Waals surface area (Å²) in [6.07, 6.45) is 0.908. The van der Waals surface area contributed by atoms with Gasteiger partial charge >= 0.3 is 6.18 Å². The quantitative estimate of drug-likeness (QED) is 0.842. The third kappa shape index (κ3) is 3.32. The Morgan fingerprint density at radius 3 is 2.84 bits per heavy atom. The fraction of sp³-hybridized carbons (Fsp3) is 0.538. The van der Waals surface area contributed by atoms with Crippen molar-refractivity contribution in [2.24, 2.45) is 0 Å². The highest BCUT2D eigenvalue weighted by Crippen LogP contribution is 2.32. The smallest absolute Gasteiger partial charge is 0.307 e. The minimum Gasteiger partial charge on any atom is -0.307 e. The van der Waals surface area contributed by atoms with Crippen molar-refractivity contribution in [3.8, 4) is 0 Å². The summed E-state index contributed by atoms with van der Waals surface area (Å²) in [7, 11) is 0. The van der Waals surface area contributed by atoms with Gasteiger partial charge in [-0.05, 0) is 25.5 Å². The molecule has 0 bridgehead atoms. The zero-order chi connectivity index (χ0) is 13.9. The molecule has 1 N–H and O–H groups in total. The van der Waals surface area contributed by atoms with Gasteiger partial charge in [-0.2, -0.15) is 13.2 Å². The van der Waals surface area contributed by atoms with Crippen molar-refractivity contribution in [3.63, 3.8) is 0 Å². The Bertz CT molecular complexity index is 451. The van der Waals surface area contributed by atoms with Gasteiger partial charge in [0.2, 0.25) is 0 Å². The molecule has 1 aliphatic rings. The van der Waals surface area contributed by atoms with Crippen molar-refractivity contribution in [2.45, 2.75) is 37.9 Å². The Balaban J connectivity index is 2.28. The molecule has 0 aromatic carbocycles. The summed E-state index contributed by atoms with van der Waals surface area (Å²) < 4.78 is 38.6. The first-order valence-corrected chi connectivity index (χ1v) is 6.29. The predicted molar refractivity (Wildman–Crippen MR) is 63.8 cm³/mol. The van der Waals surface area contributed by atoms with Crippen molar-refractivity contribution in [1.29, 1.82) is 0 Å². The van der Waals surface area contributed by atoms with Gasteiger partial charge in [-0.25, -0.2) is 0 Å². The fourth-order valence-corrected chi connectivity index (χ4v) is 2.28. The lowest BCUT2D eigenvalue weighted by atomic mass is 9.97. The number of hydrogen-bond donors (Lipinski definition) is 1. The first-order valence-electron chi connectivity index (χ1n) is 6.29. The molecule has 1 unspecified atom stereocenters. The summed E-state index contributed by atoms with van der Waals surface area (Å²) in [5.41, 5.74) is -1.24. The van der Waals surface area contributed by atoms with Crippen LogP contribution in [0.2, 0.25) is 0 Å². The molecule has 19 heavy (non-hydrogen) atoms. The van der Waals surface area contributed by atoms with Crippen LogP contribution in [-0.4, -0.2) is 23.4 Å². The number of halogens is 3. The monoisotopic (exact) mass is 272 g/mol. The van der Waals surface area contributed by atoms with Crippen LogP contribution < -0.4 is 5.32 Å². The van der Waals surface area contributed by atoms with Crippen LogP contribution in [0.15, 0.2) is 18.5 Å². The molecule has 2 rings (SSSR count). The van der Waals surface area contributed by atoms with Crippen molar-refractivity contribution < 1.29 is 18.0 Å². The molecule has 0 amide bonds. The molecule has 2 heterocycles. The summed E-state index contributed by atoms with van der Waals surface area (Å²) in [5, 5.41) is 3.01. The van der Waals surface area contributed by atoms with Crippen LogP contribution >= 0.6 is 0 Å². The van der Waals surface area contributed by atoms with E-state index >= 15 is 0 Å². The molecular formula is C13H15F3N2O. The van der Waals surface area contributed by atoms with Crippen LogP contribution in [-0.2, 0) is 6.18 Å². The SMILES string of the molecule is O=C(c1cnccc1C(F)(F)F)C1CCCCCN1. The predicted octanol–water partition coefficient (Wildman–Crippen LogP) is 2.82. The van der Waals surface area contributed by atoms with E-state index in [2.05, 4.69) is 10.3 Å². The summed E-state index contributed by atoms with van der Waals surface area (Å²) in [6.45, 7) is 0.665. The lowest BCUT2D eigenvalue weighted by Crippen LogP contribution is -2.37. The number of hydrogen-bond acceptors (Lipinski definition) is 3. The van der Waals surface area contributed by atoms with E-state index in [0.29, 0.717) is 13.0 Å². The van der Waals surface area contributed by atoms with E-state index in [9.17, 15) is 18.0 Å². The third-order valence-electron chi connectivity index (χ3n) is 3.27. The second-order valence-electron chi connectivity index (χ2n) is 4.64. The summed E-state index contributed by atoms with van der Waals surface area (Å²) in [5.74, 6) is -0.512. The average Bonchev–Trinajstić information content (AvgIpc) is 2.66. The molecule has 104 valence electrons. The van der Waals surface area contributed by atoms with Gasteiger partial charge in [-0.1, -0.05) is 12.8 Å². The van der Waals surface area contributed by atoms with E-state index in [1.54, 1.807) is 0 Å². The Kier molecular flexibility index (Phi) is 4.19. The zero-order valence-corrected chi connectivity index (χ0v) is 10.3. The number of ketones is 1. The lowest BCUT2D eigenvalue weighted by Gasteiger charge is -2.17. The first kappa shape index (κ1) is 14.0. The number of alkyl halides is 3. The average molecular weight is 272 g/mol. The molecular weight excluding hydrogens is 257 g/mol. The highest BCUT2D eigenvalue weighted by atomic mass is 19.4. The number of nitrogens with zero attached hydrogens (tertiary/aromatic N) is 1. The van der Waals surface area contributed by atoms with Gasteiger partial charge in [0, 0.05) is 18.0 Å². The molecule has 6 heteroatoms. The summed E-state index contributed by atoms with van der Waals surface area (Å²) >= 11 is 0. The zero-order valence-electron chi connectivity index (χ0n) is 10.3. The minimum atomic E-state index is -4.53. The molecule has 1 aromatic heterocycles. The maximum atomic E-state index is 12.9. The topological polar surface area (TPSA) is 42.0 Å². The number of Topliss-reactive ketones (excluding diaryl/α,β-unsaturated/α-hetero) is 1. The number of carbonyl (C=O) groups excluding carboxylic acids is 1. The van der Waals surface area contributed by atoms with E-state index in [4.69, 9.17) is 0 Å². The highest BCUT2D eigenvalue weighted by Gasteiger charge is 2.36. The molecule has 0 aliphatic carbocycles. The van der Waals surface area contributed by atoms with E-state index < -0.39 is 23.6 Å². The van der Waals surface area contributed by atoms with Gasteiger partial charge in [0.15, 0.2) is 5.78 Å². The molecule has 0 radical (unpaired) electrons. The van der Waals surface area contributed by atoms with Crippen LogP contribution in [0.5, 0.6) is 0 Å². The van der Waals surface area contributed by atoms with Crippen LogP contribution in [0.4, 0.5) is 13.2 Å². The molecule has 1 saturated heterocycles. The molecule has 0 saturated carbocycles. The molecule has 0 spiro atoms. The highest BCUT2D eigenvalue weighted by molar-refractivity contribution is 6.01. The van der Waals surface area contributed by atoms with Crippen LogP contribution in [0, 0.1) is 0 Å². The number of nitrogens with one attached hydrogen (secondary N) is 1. The Hall–Kier alpha value is -1.43. The van der Waals surface area contributed by atoms with Gasteiger partial charge in [-0.3, -0.25) is 9.78 Å². The number of rotatable bonds is 2. The van der Waals surface area contributed by atoms with Gasteiger partial charge in [0.25, 0.3) is 0 Å². The number of carbonyl (C=O) groups is 1. The molecule has 3 nitrogen and oxygen atoms in total. The van der Waals surface area contributed by atoms with Crippen molar-refractivity contribution in [3.05, 3.63) is 29.6 Å². The van der Waals surface area contributed by atoms with Crippen LogP contribution in [0.1, 0.15) is 41.6 Å². The van der Waals surface area contributed by atoms with Crippen molar-refractivity contribution >= 4 is 5.78 Å². The van der Waals surface area contributed by atoms with Crippen LogP contribution in [0.3, 0.4) is 0 Å². The Morgan fingerprint density at radius 1 is 1.32 bits per heavy atom. The maximum Gasteiger partial charge on any atom is 0.417 e. The van der Waals surface area contributed by atoms with Crippen LogP contribution in [0.25, 0.3) is 0 Å². The fourth-order valence-electron chi connectivity index (χ4n) is 2.28. The maximum absolute atomic E-state index is 12.9. The normalized spacial score (nSPS) is 20.9. The van der Waals surface area contributed by atoms with Gasteiger partial charge in [0.1, 0.15) is 0 Å². The summed E-state index contributed by atoms with van der Waals surface area (Å²) in [4.78, 5) is 15.9.